The quantitative estimate of drug-likeness (QED) is 0.859. The molecule has 1 aromatic rings. The number of aliphatic carboxylic acids is 1. The summed E-state index contributed by atoms with van der Waals surface area (Å²) in [6.07, 6.45) is 2.39. The Kier molecular flexibility index (Phi) is 4.97. The highest BCUT2D eigenvalue weighted by Gasteiger charge is 2.27. The predicted octanol–water partition coefficient (Wildman–Crippen LogP) is 1.69. The van der Waals surface area contributed by atoms with E-state index in [1.807, 2.05) is 0 Å². The van der Waals surface area contributed by atoms with E-state index in [1.165, 1.54) is 18.2 Å². The van der Waals surface area contributed by atoms with Crippen LogP contribution in [0.5, 0.6) is 0 Å². The first kappa shape index (κ1) is 16.6. The van der Waals surface area contributed by atoms with Crippen molar-refractivity contribution in [1.29, 1.82) is 0 Å². The van der Waals surface area contributed by atoms with Gasteiger partial charge in [0.05, 0.1) is 4.90 Å². The fraction of sp³-hybridized carbons (Fsp3) is 0.467. The Morgan fingerprint density at radius 3 is 2.68 bits per heavy atom. The molecule has 0 saturated carbocycles. The maximum absolute atomic E-state index is 12.6. The molecule has 0 fully saturated rings. The zero-order chi connectivity index (χ0) is 16.3. The maximum Gasteiger partial charge on any atom is 0.318 e. The Morgan fingerprint density at radius 1 is 1.32 bits per heavy atom. The van der Waals surface area contributed by atoms with Gasteiger partial charge in [0.2, 0.25) is 10.0 Å². The van der Waals surface area contributed by atoms with Gasteiger partial charge in [0.15, 0.2) is 5.78 Å². The number of rotatable bonds is 6. The fourth-order valence-electron chi connectivity index (χ4n) is 2.62. The van der Waals surface area contributed by atoms with Gasteiger partial charge in [-0.3, -0.25) is 9.59 Å². The second-order valence-electron chi connectivity index (χ2n) is 5.33. The fourth-order valence-corrected chi connectivity index (χ4v) is 4.15. The van der Waals surface area contributed by atoms with Gasteiger partial charge < -0.3 is 5.11 Å². The van der Waals surface area contributed by atoms with Crippen molar-refractivity contribution in [3.05, 3.63) is 29.3 Å². The summed E-state index contributed by atoms with van der Waals surface area (Å²) in [4.78, 5) is 22.7. The number of hydrogen-bond acceptors (Lipinski definition) is 4. The van der Waals surface area contributed by atoms with Crippen molar-refractivity contribution < 1.29 is 23.1 Å². The molecule has 0 radical (unpaired) electrons. The minimum atomic E-state index is -3.87. The summed E-state index contributed by atoms with van der Waals surface area (Å²) in [6.45, 7) is 1.37. The molecular weight excluding hydrogens is 306 g/mol. The van der Waals surface area contributed by atoms with Gasteiger partial charge in [0.1, 0.15) is 6.54 Å². The van der Waals surface area contributed by atoms with Crippen LogP contribution in [0.4, 0.5) is 0 Å². The molecule has 120 valence electrons. The first-order valence-corrected chi connectivity index (χ1v) is 8.68. The molecule has 2 rings (SSSR count). The van der Waals surface area contributed by atoms with Gasteiger partial charge >= 0.3 is 5.97 Å². The van der Waals surface area contributed by atoms with Gasteiger partial charge in [0, 0.05) is 18.5 Å². The lowest BCUT2D eigenvalue weighted by atomic mass is 9.91. The molecule has 6 nitrogen and oxygen atoms in total. The summed E-state index contributed by atoms with van der Waals surface area (Å²) < 4.78 is 26.2. The zero-order valence-corrected chi connectivity index (χ0v) is 13.2. The lowest BCUT2D eigenvalue weighted by molar-refractivity contribution is -0.137. The van der Waals surface area contributed by atoms with Crippen LogP contribution in [0, 0.1) is 0 Å². The van der Waals surface area contributed by atoms with E-state index in [-0.39, 0.29) is 17.2 Å². The van der Waals surface area contributed by atoms with Gasteiger partial charge in [-0.05, 0) is 43.0 Å². The molecule has 0 amide bonds. The maximum atomic E-state index is 12.6. The van der Waals surface area contributed by atoms with Crippen molar-refractivity contribution in [3.63, 3.8) is 0 Å². The molecule has 0 saturated heterocycles. The van der Waals surface area contributed by atoms with Crippen LogP contribution in [0.2, 0.25) is 0 Å². The number of nitrogens with zero attached hydrogens (tertiary/aromatic N) is 1. The van der Waals surface area contributed by atoms with E-state index in [0.29, 0.717) is 31.2 Å². The molecule has 0 aliphatic heterocycles. The average Bonchev–Trinajstić information content (AvgIpc) is 2.46. The molecule has 1 aliphatic rings. The SMILES string of the molecule is CCCN(CC(=O)O)S(=O)(=O)c1ccc2c(c1)CCCC2=O. The van der Waals surface area contributed by atoms with E-state index in [1.54, 1.807) is 6.92 Å². The van der Waals surface area contributed by atoms with Crippen LogP contribution in [0.25, 0.3) is 0 Å². The molecule has 0 heterocycles. The number of fused-ring (bicyclic) bond motifs is 1. The van der Waals surface area contributed by atoms with E-state index >= 15 is 0 Å². The average molecular weight is 325 g/mol. The normalized spacial score (nSPS) is 14.9. The summed E-state index contributed by atoms with van der Waals surface area (Å²) in [7, 11) is -3.87. The molecule has 0 unspecified atom stereocenters. The van der Waals surface area contributed by atoms with Crippen LogP contribution in [0.3, 0.4) is 0 Å². The van der Waals surface area contributed by atoms with E-state index in [0.717, 1.165) is 9.87 Å². The van der Waals surface area contributed by atoms with E-state index in [2.05, 4.69) is 0 Å². The van der Waals surface area contributed by atoms with Crippen molar-refractivity contribution in [2.75, 3.05) is 13.1 Å². The number of ketones is 1. The molecule has 0 bridgehead atoms. The molecule has 1 N–H and O–H groups in total. The van der Waals surface area contributed by atoms with Crippen LogP contribution in [-0.2, 0) is 21.2 Å². The highest BCUT2D eigenvalue weighted by molar-refractivity contribution is 7.89. The smallest absolute Gasteiger partial charge is 0.318 e. The number of benzene rings is 1. The second kappa shape index (κ2) is 6.58. The Hall–Kier alpha value is -1.73. The summed E-state index contributed by atoms with van der Waals surface area (Å²) in [6, 6.07) is 4.43. The van der Waals surface area contributed by atoms with E-state index in [9.17, 15) is 18.0 Å². The van der Waals surface area contributed by atoms with Gasteiger partial charge in [-0.25, -0.2) is 8.42 Å². The van der Waals surface area contributed by atoms with Gasteiger partial charge in [-0.15, -0.1) is 0 Å². The van der Waals surface area contributed by atoms with E-state index < -0.39 is 22.5 Å². The number of Topliss-reactive ketones (excluding diaryl/α,β-unsaturated/α-hetero) is 1. The minimum absolute atomic E-state index is 0.0288. The first-order valence-electron chi connectivity index (χ1n) is 7.24. The molecule has 22 heavy (non-hydrogen) atoms. The number of carbonyl (C=O) groups is 2. The molecular formula is C15H19NO5S. The summed E-state index contributed by atoms with van der Waals surface area (Å²) in [5.41, 5.74) is 1.30. The summed E-state index contributed by atoms with van der Waals surface area (Å²) in [5.74, 6) is -1.16. The van der Waals surface area contributed by atoms with Gasteiger partial charge in [-0.2, -0.15) is 4.31 Å². The topological polar surface area (TPSA) is 91.8 Å². The summed E-state index contributed by atoms with van der Waals surface area (Å²) >= 11 is 0. The molecule has 0 atom stereocenters. The second-order valence-corrected chi connectivity index (χ2v) is 7.27. The van der Waals surface area contributed by atoms with Crippen molar-refractivity contribution in [2.24, 2.45) is 0 Å². The Bertz CT molecular complexity index is 696. The van der Waals surface area contributed by atoms with Crippen molar-refractivity contribution >= 4 is 21.8 Å². The zero-order valence-electron chi connectivity index (χ0n) is 12.4. The highest BCUT2D eigenvalue weighted by Crippen LogP contribution is 2.25. The summed E-state index contributed by atoms with van der Waals surface area (Å²) in [5, 5.41) is 8.90. The third kappa shape index (κ3) is 3.36. The van der Waals surface area contributed by atoms with Crippen molar-refractivity contribution in [1.82, 2.24) is 4.31 Å². The van der Waals surface area contributed by atoms with Crippen LogP contribution in [0.1, 0.15) is 42.1 Å². The Morgan fingerprint density at radius 2 is 2.05 bits per heavy atom. The van der Waals surface area contributed by atoms with Crippen molar-refractivity contribution in [3.8, 4) is 0 Å². The monoisotopic (exact) mass is 325 g/mol. The third-order valence-corrected chi connectivity index (χ3v) is 5.49. The van der Waals surface area contributed by atoms with Crippen molar-refractivity contribution in [2.45, 2.75) is 37.5 Å². The molecule has 7 heteroatoms. The molecule has 1 aromatic carbocycles. The van der Waals surface area contributed by atoms with Crippen LogP contribution in [-0.4, -0.2) is 42.7 Å². The van der Waals surface area contributed by atoms with E-state index in [4.69, 9.17) is 5.11 Å². The Labute approximate surface area is 129 Å². The standard InChI is InChI=1S/C15H19NO5S/c1-2-8-16(10-15(18)19)22(20,21)12-6-7-13-11(9-12)4-3-5-14(13)17/h6-7,9H,2-5,8,10H2,1H3,(H,18,19). The third-order valence-electron chi connectivity index (χ3n) is 3.65. The lowest BCUT2D eigenvalue weighted by Crippen LogP contribution is -2.36. The highest BCUT2D eigenvalue weighted by atomic mass is 32.2. The number of carbonyl (C=O) groups excluding carboxylic acids is 1. The molecule has 0 spiro atoms. The number of hydrogen-bond donors (Lipinski definition) is 1. The first-order chi connectivity index (χ1) is 10.4. The van der Waals surface area contributed by atoms with Crippen LogP contribution in [0.15, 0.2) is 23.1 Å². The largest absolute Gasteiger partial charge is 0.480 e. The Balaban J connectivity index is 2.40. The molecule has 1 aliphatic carbocycles. The number of sulfonamides is 1. The number of aryl methyl sites for hydroxylation is 1. The number of carboxylic acid groups (broad SMARTS) is 1. The predicted molar refractivity (Wildman–Crippen MR) is 80.4 cm³/mol. The number of carboxylic acids is 1. The van der Waals surface area contributed by atoms with Gasteiger partial charge in [-0.1, -0.05) is 6.92 Å². The van der Waals surface area contributed by atoms with Crippen LogP contribution >= 0.6 is 0 Å². The lowest BCUT2D eigenvalue weighted by Gasteiger charge is -2.21. The molecule has 0 aromatic heterocycles. The minimum Gasteiger partial charge on any atom is -0.480 e. The van der Waals surface area contributed by atoms with Gasteiger partial charge in [0.25, 0.3) is 0 Å². The van der Waals surface area contributed by atoms with Crippen LogP contribution < -0.4 is 0 Å².